The minimum Gasteiger partial charge on any atom is -0.475 e. The molecule has 434 valence electrons. The van der Waals surface area contributed by atoms with Crippen LogP contribution in [0.15, 0.2) is 0 Å². The van der Waals surface area contributed by atoms with Crippen LogP contribution < -0.4 is 21.7 Å². The zero-order valence-electron chi connectivity index (χ0n) is 44.6. The monoisotopic (exact) mass is 1100 g/mol. The molecule has 6 N–H and O–H groups in total. The number of hydrogen-bond acceptors (Lipinski definition) is 22. The lowest BCUT2D eigenvalue weighted by Gasteiger charge is -2.34. The number of ether oxygens (including phenoxy) is 16. The van der Waals surface area contributed by atoms with Gasteiger partial charge in [-0.3, -0.25) is 19.2 Å². The Morgan fingerprint density at radius 2 is 0.737 bits per heavy atom. The van der Waals surface area contributed by atoms with Gasteiger partial charge in [-0.25, -0.2) is 4.79 Å². The number of ketones is 1. The third-order valence-electron chi connectivity index (χ3n) is 13.8. The molecule has 0 aromatic heterocycles. The van der Waals surface area contributed by atoms with Gasteiger partial charge in [0.1, 0.15) is 79.0 Å². The zero-order chi connectivity index (χ0) is 56.2. The van der Waals surface area contributed by atoms with Crippen LogP contribution in [0.1, 0.15) is 88.0 Å². The molecule has 8 aliphatic heterocycles. The fourth-order valence-corrected chi connectivity index (χ4v) is 11.0. The molecule has 29 heteroatoms. The highest BCUT2D eigenvalue weighted by atomic mass is 19.4. The quantitative estimate of drug-likeness (QED) is 0.115. The molecule has 3 amide bonds. The van der Waals surface area contributed by atoms with Gasteiger partial charge < -0.3 is 103 Å². The molecular formula is C47H73F3N4O22. The number of hydrogen-bond donors (Lipinski definition) is 5. The molecule has 8 fully saturated rings. The molecule has 76 heavy (non-hydrogen) atoms. The summed E-state index contributed by atoms with van der Waals surface area (Å²) in [4.78, 5) is 64.6. The average molecular weight is 1100 g/mol. The highest BCUT2D eigenvalue weighted by Crippen LogP contribution is 2.44. The van der Waals surface area contributed by atoms with Gasteiger partial charge in [-0.15, -0.1) is 0 Å². The van der Waals surface area contributed by atoms with Crippen molar-refractivity contribution >= 4 is 29.5 Å². The molecule has 8 heterocycles. The van der Waals surface area contributed by atoms with Crippen molar-refractivity contribution in [3.63, 3.8) is 0 Å². The van der Waals surface area contributed by atoms with Crippen LogP contribution in [0, 0.1) is 0 Å². The average Bonchev–Trinajstić information content (AvgIpc) is 4.16. The SMILES string of the molecule is CO[C@@H]1[C@H]2OC(C)(C)O[C@H]2O[C@@H]1C(N)CC(=O)NC(CC(=O)NC(CC(=O)NC(CC(C)=O)[C@H]1O[C@@H]2OC(C)(C)O[C@@H]2[C@H]1OC)[C@H]1O[C@@H]2OC(C)(C)O[C@@H]2[C@H]1OC)[C@H]1O[C@@H]2OC(C)(C)O[C@@H]2[C@H]1OC.O=C(O)C(F)(F)F. The summed E-state index contributed by atoms with van der Waals surface area (Å²) in [6.07, 6.45) is -18.8. The molecule has 20 atom stereocenters. The van der Waals surface area contributed by atoms with E-state index >= 15 is 0 Å². The summed E-state index contributed by atoms with van der Waals surface area (Å²) in [6, 6.07) is -3.96. The van der Waals surface area contributed by atoms with Crippen LogP contribution in [0.25, 0.3) is 0 Å². The number of nitrogens with two attached hydrogens (primary N) is 1. The Bertz CT molecular complexity index is 2110. The number of carboxylic acid groups (broad SMARTS) is 1. The molecule has 0 aliphatic carbocycles. The zero-order valence-corrected chi connectivity index (χ0v) is 44.6. The van der Waals surface area contributed by atoms with E-state index in [4.69, 9.17) is 91.4 Å². The van der Waals surface area contributed by atoms with E-state index in [1.54, 1.807) is 55.4 Å². The normalized spacial score (nSPS) is 38.6. The summed E-state index contributed by atoms with van der Waals surface area (Å²) in [7, 11) is 5.92. The van der Waals surface area contributed by atoms with Crippen molar-refractivity contribution in [1.82, 2.24) is 16.0 Å². The van der Waals surface area contributed by atoms with Gasteiger partial charge in [0.2, 0.25) is 17.7 Å². The van der Waals surface area contributed by atoms with Crippen LogP contribution in [-0.2, 0) is 99.8 Å². The van der Waals surface area contributed by atoms with Crippen molar-refractivity contribution in [3.05, 3.63) is 0 Å². The number of alkyl halides is 3. The maximum absolute atomic E-state index is 14.6. The van der Waals surface area contributed by atoms with E-state index in [-0.39, 0.29) is 25.0 Å². The van der Waals surface area contributed by atoms with Crippen LogP contribution in [0.3, 0.4) is 0 Å². The number of fused-ring (bicyclic) bond motifs is 4. The number of carbonyl (C=O) groups excluding carboxylic acids is 4. The predicted molar refractivity (Wildman–Crippen MR) is 245 cm³/mol. The fraction of sp³-hybridized carbons (Fsp3) is 0.894. The van der Waals surface area contributed by atoms with Crippen molar-refractivity contribution in [2.75, 3.05) is 28.4 Å². The third kappa shape index (κ3) is 13.6. The van der Waals surface area contributed by atoms with E-state index in [0.717, 1.165) is 0 Å². The molecule has 0 bridgehead atoms. The predicted octanol–water partition coefficient (Wildman–Crippen LogP) is 0.116. The molecule has 4 unspecified atom stereocenters. The number of Topliss-reactive ketones (excluding diaryl/α,β-unsaturated/α-hetero) is 1. The fourth-order valence-electron chi connectivity index (χ4n) is 11.0. The van der Waals surface area contributed by atoms with Crippen LogP contribution in [0.2, 0.25) is 0 Å². The van der Waals surface area contributed by atoms with E-state index in [9.17, 15) is 32.3 Å². The summed E-state index contributed by atoms with van der Waals surface area (Å²) in [5.74, 6) is -8.57. The Morgan fingerprint density at radius 3 is 1.00 bits per heavy atom. The van der Waals surface area contributed by atoms with Crippen LogP contribution in [0.4, 0.5) is 13.2 Å². The molecule has 8 aliphatic rings. The van der Waals surface area contributed by atoms with Crippen molar-refractivity contribution in [2.45, 2.75) is 240 Å². The van der Waals surface area contributed by atoms with E-state index in [0.29, 0.717) is 0 Å². The van der Waals surface area contributed by atoms with Crippen LogP contribution >= 0.6 is 0 Å². The second kappa shape index (κ2) is 23.0. The van der Waals surface area contributed by atoms with Gasteiger partial charge in [0.25, 0.3) is 0 Å². The van der Waals surface area contributed by atoms with Gasteiger partial charge in [0.05, 0.1) is 18.1 Å². The van der Waals surface area contributed by atoms with E-state index in [2.05, 4.69) is 16.0 Å². The lowest BCUT2D eigenvalue weighted by molar-refractivity contribution is -0.220. The second-order valence-electron chi connectivity index (χ2n) is 21.6. The number of halogens is 3. The number of amides is 3. The van der Waals surface area contributed by atoms with Gasteiger partial charge in [0, 0.05) is 60.2 Å². The molecule has 0 saturated carbocycles. The summed E-state index contributed by atoms with van der Waals surface area (Å²) < 4.78 is 129. The Labute approximate surface area is 436 Å². The van der Waals surface area contributed by atoms with E-state index in [1.165, 1.54) is 35.4 Å². The molecule has 0 aromatic carbocycles. The van der Waals surface area contributed by atoms with E-state index < -0.39 is 182 Å². The standard InChI is InChI=1S/C45H72N4O20.C2HF3O2/c1-18(50)14-20(27-31(55-11)35-39(59-27)67-43(4,5)63-35)47-24(52)17-22(29-33(57-13)37-41(61-29)69-45(8,9)65-37)49-25(53)16-21(28-32(56-12)36-40(60-28)68-44(6,7)64-36)48-23(51)15-19(46)26-30(54-10)34-38(58-26)66-42(2,3)62-34;3-2(4,5)1(6)7/h19-22,26-41H,14-17,46H2,1-13H3,(H,47,52)(H,48,51)(H,49,53);(H,6,7)/t19?,20?,21?,22?,26-,27-,28-,29-,30+,31+,32+,33+,34-,35-,36-,37-,38-,39-,40-,41-;/m1./s1. The minimum atomic E-state index is -5.08. The number of rotatable bonds is 19. The maximum Gasteiger partial charge on any atom is 0.490 e. The highest BCUT2D eigenvalue weighted by molar-refractivity contribution is 5.83. The summed E-state index contributed by atoms with van der Waals surface area (Å²) >= 11 is 0. The Kier molecular flexibility index (Phi) is 18.3. The van der Waals surface area contributed by atoms with Crippen LogP contribution in [0.5, 0.6) is 0 Å². The number of carbonyl (C=O) groups is 5. The Morgan fingerprint density at radius 1 is 0.487 bits per heavy atom. The molecule has 8 rings (SSSR count). The van der Waals surface area contributed by atoms with E-state index in [1.807, 2.05) is 0 Å². The summed E-state index contributed by atoms with van der Waals surface area (Å²) in [6.45, 7) is 15.4. The first-order chi connectivity index (χ1) is 35.3. The number of nitrogens with one attached hydrogen (secondary N) is 3. The topological polar surface area (TPSA) is 315 Å². The number of methoxy groups -OCH3 is 4. The molecule has 0 spiro atoms. The van der Waals surface area contributed by atoms with Crippen LogP contribution in [-0.4, -0.2) is 215 Å². The lowest BCUT2D eigenvalue weighted by Crippen LogP contribution is -2.57. The first kappa shape index (κ1) is 60.3. The second-order valence-corrected chi connectivity index (χ2v) is 21.6. The van der Waals surface area contributed by atoms with Crippen molar-refractivity contribution in [1.29, 1.82) is 0 Å². The molecule has 0 radical (unpaired) electrons. The van der Waals surface area contributed by atoms with Crippen molar-refractivity contribution < 1.29 is 118 Å². The highest BCUT2D eigenvalue weighted by Gasteiger charge is 2.61. The summed E-state index contributed by atoms with van der Waals surface area (Å²) in [5, 5.41) is 16.0. The maximum atomic E-state index is 14.6. The molecule has 8 saturated heterocycles. The summed E-state index contributed by atoms with van der Waals surface area (Å²) in [5.41, 5.74) is 6.64. The van der Waals surface area contributed by atoms with Gasteiger partial charge in [0.15, 0.2) is 48.3 Å². The first-order valence-corrected chi connectivity index (χ1v) is 24.9. The lowest BCUT2D eigenvalue weighted by atomic mass is 9.96. The van der Waals surface area contributed by atoms with Gasteiger partial charge >= 0.3 is 12.1 Å². The molecular weight excluding hydrogens is 1030 g/mol. The number of carboxylic acids is 1. The third-order valence-corrected chi connectivity index (χ3v) is 13.8. The minimum absolute atomic E-state index is 0.114. The Balaban J connectivity index is 0.00000112. The van der Waals surface area contributed by atoms with Gasteiger partial charge in [-0.2, -0.15) is 13.2 Å². The van der Waals surface area contributed by atoms with Gasteiger partial charge in [-0.1, -0.05) is 0 Å². The largest absolute Gasteiger partial charge is 0.490 e. The number of aliphatic carboxylic acids is 1. The Hall–Kier alpha value is -3.34. The first-order valence-electron chi connectivity index (χ1n) is 24.9. The molecule has 26 nitrogen and oxygen atoms in total. The van der Waals surface area contributed by atoms with Crippen molar-refractivity contribution in [2.24, 2.45) is 5.73 Å². The van der Waals surface area contributed by atoms with Gasteiger partial charge in [-0.05, 0) is 62.3 Å². The van der Waals surface area contributed by atoms with Crippen molar-refractivity contribution in [3.8, 4) is 0 Å². The smallest absolute Gasteiger partial charge is 0.475 e. The molecule has 0 aromatic rings.